The molecule has 0 aliphatic rings. The Morgan fingerprint density at radius 3 is 0.652 bits per heavy atom. The van der Waals surface area contributed by atoms with E-state index in [-0.39, 0.29) is 0 Å². The maximum Gasteiger partial charge on any atom is 0.673 e. The lowest BCUT2D eigenvalue weighted by Gasteiger charge is -2.12. The highest BCUT2D eigenvalue weighted by molar-refractivity contribution is 7.87. The average Bonchev–Trinajstić information content (AvgIpc) is 1.86. The van der Waals surface area contributed by atoms with Gasteiger partial charge in [-0.05, 0) is 20.8 Å². The topological polar surface area (TPSA) is 54.4 Å². The highest BCUT2D eigenvalue weighted by Crippen LogP contribution is 2.11. The predicted octanol–water partition coefficient (Wildman–Crippen LogP) is 4.57. The number of halogens is 12. The van der Waals surface area contributed by atoms with Crippen molar-refractivity contribution in [2.75, 3.05) is 0 Å². The largest absolute Gasteiger partial charge is 0.673 e. The minimum absolute atomic E-state index is 1.03. The molecular formula is C4H10B3F12O3S-3. The molecule has 19 heteroatoms. The molecule has 0 aliphatic heterocycles. The zero-order valence-electron chi connectivity index (χ0n) is 11.4. The Hall–Kier alpha value is -0.735. The molecular weight excluding hydrogens is 389 g/mol. The quantitative estimate of drug-likeness (QED) is 0.369. The van der Waals surface area contributed by atoms with Gasteiger partial charge in [-0.3, -0.25) is 4.55 Å². The van der Waals surface area contributed by atoms with Crippen molar-refractivity contribution in [3.05, 3.63) is 0 Å². The van der Waals surface area contributed by atoms with Crippen molar-refractivity contribution in [2.24, 2.45) is 0 Å². The summed E-state index contributed by atoms with van der Waals surface area (Å²) in [6.45, 7) is 4.30. The van der Waals surface area contributed by atoms with Crippen molar-refractivity contribution in [1.82, 2.24) is 0 Å². The van der Waals surface area contributed by atoms with Gasteiger partial charge in [-0.25, -0.2) is 0 Å². The minimum atomic E-state index is -6.00. The maximum absolute atomic E-state index is 10.2. The van der Waals surface area contributed by atoms with E-state index in [2.05, 4.69) is 0 Å². The number of hydrogen-bond acceptors (Lipinski definition) is 2. The van der Waals surface area contributed by atoms with E-state index in [1.807, 2.05) is 0 Å². The van der Waals surface area contributed by atoms with E-state index in [4.69, 9.17) is 4.55 Å². The Kier molecular flexibility index (Phi) is 13.4. The van der Waals surface area contributed by atoms with Crippen LogP contribution in [0, 0.1) is 0 Å². The molecule has 1 N–H and O–H groups in total. The zero-order chi connectivity index (χ0) is 20.5. The summed E-state index contributed by atoms with van der Waals surface area (Å²) < 4.78 is 145. The molecule has 0 aromatic carbocycles. The molecule has 0 atom stereocenters. The summed E-state index contributed by atoms with van der Waals surface area (Å²) >= 11 is 0. The fourth-order valence-electron chi connectivity index (χ4n) is 0. The van der Waals surface area contributed by atoms with Gasteiger partial charge in [0.25, 0.3) is 10.1 Å². The van der Waals surface area contributed by atoms with Gasteiger partial charge >= 0.3 is 21.8 Å². The van der Waals surface area contributed by atoms with E-state index in [9.17, 15) is 60.2 Å². The molecule has 0 saturated heterocycles. The zero-order valence-corrected chi connectivity index (χ0v) is 12.3. The van der Waals surface area contributed by atoms with E-state index in [0.717, 1.165) is 0 Å². The lowest BCUT2D eigenvalue weighted by Crippen LogP contribution is -2.26. The van der Waals surface area contributed by atoms with E-state index < -0.39 is 36.6 Å². The van der Waals surface area contributed by atoms with Crippen molar-refractivity contribution >= 4 is 31.9 Å². The maximum atomic E-state index is 10.2. The summed E-state index contributed by atoms with van der Waals surface area (Å²) in [6.07, 6.45) is 0. The molecule has 3 nitrogen and oxygen atoms in total. The third-order valence-corrected chi connectivity index (χ3v) is 2.32. The lowest BCUT2D eigenvalue weighted by atomic mass is 10.3. The number of hydrogen-bond donors (Lipinski definition) is 1. The van der Waals surface area contributed by atoms with Crippen LogP contribution in [0.25, 0.3) is 0 Å². The molecule has 0 aromatic rings. The second-order valence-corrected chi connectivity index (χ2v) is 6.25. The van der Waals surface area contributed by atoms with Gasteiger partial charge in [0.1, 0.15) is 0 Å². The smallest absolute Gasteiger partial charge is 0.418 e. The summed E-state index contributed by atoms with van der Waals surface area (Å²) in [5, 5.41) is 0. The first kappa shape index (κ1) is 30.2. The van der Waals surface area contributed by atoms with Crippen molar-refractivity contribution < 1.29 is 64.8 Å². The summed E-state index contributed by atoms with van der Waals surface area (Å²) in [7, 11) is -21.8. The molecule has 23 heavy (non-hydrogen) atoms. The second kappa shape index (κ2) is 10.2. The third kappa shape index (κ3) is 116. The molecule has 0 rings (SSSR count). The van der Waals surface area contributed by atoms with E-state index in [0.29, 0.717) is 0 Å². The molecule has 0 fully saturated rings. The van der Waals surface area contributed by atoms with Gasteiger partial charge in [-0.2, -0.15) is 8.42 Å². The molecule has 146 valence electrons. The summed E-state index contributed by atoms with van der Waals surface area (Å²) in [5.41, 5.74) is 0. The molecule has 0 heterocycles. The standard InChI is InChI=1S/C4H10O3S.3BF4/c1-4(2,3)8(5,6)7;3*2-1(3,4)5/h1-3H3,(H,5,6,7);;;/q;3*-1. The van der Waals surface area contributed by atoms with Crippen LogP contribution in [-0.4, -0.2) is 39.5 Å². The second-order valence-electron chi connectivity index (χ2n) is 4.07. The molecule has 0 radical (unpaired) electrons. The van der Waals surface area contributed by atoms with E-state index in [1.54, 1.807) is 0 Å². The Bertz CT molecular complexity index is 345. The molecule has 0 aliphatic carbocycles. The van der Waals surface area contributed by atoms with E-state index in [1.165, 1.54) is 20.8 Å². The van der Waals surface area contributed by atoms with Crippen LogP contribution in [0.3, 0.4) is 0 Å². The van der Waals surface area contributed by atoms with Crippen molar-refractivity contribution in [1.29, 1.82) is 0 Å². The van der Waals surface area contributed by atoms with Gasteiger partial charge < -0.3 is 51.8 Å². The van der Waals surface area contributed by atoms with Crippen LogP contribution < -0.4 is 0 Å². The Balaban J connectivity index is -0.000000108. The van der Waals surface area contributed by atoms with Gasteiger partial charge in [0.05, 0.1) is 4.75 Å². The molecule has 0 saturated carbocycles. The summed E-state index contributed by atoms with van der Waals surface area (Å²) in [4.78, 5) is 0. The lowest BCUT2D eigenvalue weighted by molar-refractivity contribution is 0.366. The first-order valence-corrected chi connectivity index (χ1v) is 6.28. The van der Waals surface area contributed by atoms with Crippen LogP contribution in [0.15, 0.2) is 0 Å². The molecule has 0 spiro atoms. The first-order valence-electron chi connectivity index (χ1n) is 4.84. The van der Waals surface area contributed by atoms with Crippen molar-refractivity contribution in [3.8, 4) is 0 Å². The van der Waals surface area contributed by atoms with Gasteiger partial charge in [0.15, 0.2) is 0 Å². The monoisotopic (exact) mass is 399 g/mol. The normalized spacial score (nSPS) is 12.7. The predicted molar refractivity (Wildman–Crippen MR) is 61.9 cm³/mol. The van der Waals surface area contributed by atoms with Gasteiger partial charge in [-0.15, -0.1) is 0 Å². The van der Waals surface area contributed by atoms with Crippen molar-refractivity contribution in [2.45, 2.75) is 25.5 Å². The highest BCUT2D eigenvalue weighted by Gasteiger charge is 2.25. The fraction of sp³-hybridized carbons (Fsp3) is 1.00. The Morgan fingerprint density at radius 1 is 0.609 bits per heavy atom. The molecule has 0 amide bonds. The van der Waals surface area contributed by atoms with Crippen LogP contribution in [0.5, 0.6) is 0 Å². The van der Waals surface area contributed by atoms with Gasteiger partial charge in [0.2, 0.25) is 0 Å². The third-order valence-electron chi connectivity index (χ3n) is 0.774. The van der Waals surface area contributed by atoms with Crippen LogP contribution in [0.2, 0.25) is 0 Å². The molecule has 0 aromatic heterocycles. The average molecular weight is 399 g/mol. The SMILES string of the molecule is CC(C)(C)S(=O)(=O)O.F[B-](F)(F)F.F[B-](F)(F)F.F[B-](F)(F)F. The Labute approximate surface area is 123 Å². The summed E-state index contributed by atoms with van der Waals surface area (Å²) in [6, 6.07) is 0. The minimum Gasteiger partial charge on any atom is -0.418 e. The van der Waals surface area contributed by atoms with Crippen LogP contribution >= 0.6 is 0 Å². The number of rotatable bonds is 0. The highest BCUT2D eigenvalue weighted by atomic mass is 32.2. The van der Waals surface area contributed by atoms with Crippen LogP contribution in [0.4, 0.5) is 51.8 Å². The Morgan fingerprint density at radius 2 is 0.652 bits per heavy atom. The van der Waals surface area contributed by atoms with Gasteiger partial charge in [0, 0.05) is 0 Å². The van der Waals surface area contributed by atoms with Crippen LogP contribution in [-0.2, 0) is 10.1 Å². The first-order chi connectivity index (χ1) is 9.25. The summed E-state index contributed by atoms with van der Waals surface area (Å²) in [5.74, 6) is 0. The van der Waals surface area contributed by atoms with Crippen molar-refractivity contribution in [3.63, 3.8) is 0 Å². The molecule has 0 bridgehead atoms. The van der Waals surface area contributed by atoms with Gasteiger partial charge in [-0.1, -0.05) is 0 Å². The van der Waals surface area contributed by atoms with Crippen LogP contribution in [0.1, 0.15) is 20.8 Å². The fourth-order valence-corrected chi connectivity index (χ4v) is 0. The van der Waals surface area contributed by atoms with E-state index >= 15 is 0 Å². The molecule has 0 unspecified atom stereocenters.